The van der Waals surface area contributed by atoms with E-state index in [4.69, 9.17) is 18.9 Å². The van der Waals surface area contributed by atoms with Gasteiger partial charge in [0.05, 0.1) is 40.1 Å². The molecule has 1 atom stereocenters. The van der Waals surface area contributed by atoms with Gasteiger partial charge < -0.3 is 24.3 Å². The highest BCUT2D eigenvalue weighted by atomic mass is 16.5. The standard InChI is InChI=1S/C16H27NO4/c1-13(17-2)14-5-6-16(19-4)15(11-14)12-21-10-9-20-8-7-18-3/h5-6,11,13,17H,7-10,12H2,1-4H3. The Bertz CT molecular complexity index is 398. The molecular formula is C16H27NO4. The molecule has 0 radical (unpaired) electrons. The van der Waals surface area contributed by atoms with Crippen molar-refractivity contribution in [2.24, 2.45) is 0 Å². The maximum absolute atomic E-state index is 5.64. The van der Waals surface area contributed by atoms with Crippen LogP contribution in [0.4, 0.5) is 0 Å². The van der Waals surface area contributed by atoms with Crippen LogP contribution >= 0.6 is 0 Å². The lowest BCUT2D eigenvalue weighted by molar-refractivity contribution is 0.0195. The Morgan fingerprint density at radius 2 is 1.76 bits per heavy atom. The highest BCUT2D eigenvalue weighted by Gasteiger charge is 2.08. The summed E-state index contributed by atoms with van der Waals surface area (Å²) in [6, 6.07) is 6.46. The van der Waals surface area contributed by atoms with Gasteiger partial charge in [-0.1, -0.05) is 6.07 Å². The number of ether oxygens (including phenoxy) is 4. The topological polar surface area (TPSA) is 49.0 Å². The summed E-state index contributed by atoms with van der Waals surface area (Å²) < 4.78 is 21.3. The zero-order chi connectivity index (χ0) is 15.5. The van der Waals surface area contributed by atoms with Gasteiger partial charge in [-0.25, -0.2) is 0 Å². The molecule has 0 bridgehead atoms. The van der Waals surface area contributed by atoms with Crippen LogP contribution in [0, 0.1) is 0 Å². The minimum Gasteiger partial charge on any atom is -0.496 e. The summed E-state index contributed by atoms with van der Waals surface area (Å²) in [5.74, 6) is 0.849. The largest absolute Gasteiger partial charge is 0.496 e. The van der Waals surface area contributed by atoms with Crippen molar-refractivity contribution >= 4 is 0 Å². The van der Waals surface area contributed by atoms with E-state index in [0.717, 1.165) is 11.3 Å². The first kappa shape index (κ1) is 17.9. The molecule has 0 fully saturated rings. The highest BCUT2D eigenvalue weighted by Crippen LogP contribution is 2.23. The van der Waals surface area contributed by atoms with E-state index in [0.29, 0.717) is 39.1 Å². The smallest absolute Gasteiger partial charge is 0.124 e. The molecule has 0 heterocycles. The first-order valence-electron chi connectivity index (χ1n) is 7.21. The molecule has 0 aromatic heterocycles. The number of hydrogen-bond acceptors (Lipinski definition) is 5. The Kier molecular flexibility index (Phi) is 9.01. The second kappa shape index (κ2) is 10.6. The van der Waals surface area contributed by atoms with E-state index in [1.165, 1.54) is 5.56 Å². The van der Waals surface area contributed by atoms with E-state index < -0.39 is 0 Å². The lowest BCUT2D eigenvalue weighted by Crippen LogP contribution is -2.13. The predicted molar refractivity (Wildman–Crippen MR) is 82.8 cm³/mol. The van der Waals surface area contributed by atoms with Crippen molar-refractivity contribution < 1.29 is 18.9 Å². The van der Waals surface area contributed by atoms with E-state index >= 15 is 0 Å². The summed E-state index contributed by atoms with van der Waals surface area (Å²) in [4.78, 5) is 0. The van der Waals surface area contributed by atoms with Crippen LogP contribution in [0.25, 0.3) is 0 Å². The van der Waals surface area contributed by atoms with Crippen molar-refractivity contribution in [1.29, 1.82) is 0 Å². The fourth-order valence-electron chi connectivity index (χ4n) is 1.89. The SMILES string of the molecule is CNC(C)c1ccc(OC)c(COCCOCCOC)c1. The second-order valence-electron chi connectivity index (χ2n) is 4.74. The molecule has 21 heavy (non-hydrogen) atoms. The van der Waals surface area contributed by atoms with Crippen LogP contribution in [0.2, 0.25) is 0 Å². The number of methoxy groups -OCH3 is 2. The average molecular weight is 297 g/mol. The van der Waals surface area contributed by atoms with E-state index in [2.05, 4.69) is 24.4 Å². The fourth-order valence-corrected chi connectivity index (χ4v) is 1.89. The molecule has 1 unspecified atom stereocenters. The van der Waals surface area contributed by atoms with Crippen LogP contribution in [0.1, 0.15) is 24.1 Å². The summed E-state index contributed by atoms with van der Waals surface area (Å²) in [6.07, 6.45) is 0. The van der Waals surface area contributed by atoms with Crippen molar-refractivity contribution in [3.8, 4) is 5.75 Å². The number of rotatable bonds is 11. The van der Waals surface area contributed by atoms with Crippen molar-refractivity contribution in [3.05, 3.63) is 29.3 Å². The third-order valence-corrected chi connectivity index (χ3v) is 3.30. The first-order chi connectivity index (χ1) is 10.2. The second-order valence-corrected chi connectivity index (χ2v) is 4.74. The van der Waals surface area contributed by atoms with Crippen LogP contribution < -0.4 is 10.1 Å². The van der Waals surface area contributed by atoms with Gasteiger partial charge in [0, 0.05) is 18.7 Å². The van der Waals surface area contributed by atoms with Gasteiger partial charge in [-0.05, 0) is 31.7 Å². The molecule has 0 saturated carbocycles. The quantitative estimate of drug-likeness (QED) is 0.634. The van der Waals surface area contributed by atoms with E-state index in [-0.39, 0.29) is 0 Å². The molecule has 1 rings (SSSR count). The molecule has 0 saturated heterocycles. The van der Waals surface area contributed by atoms with Gasteiger partial charge in [0.15, 0.2) is 0 Å². The molecule has 1 aromatic carbocycles. The minimum atomic E-state index is 0.298. The number of benzene rings is 1. The van der Waals surface area contributed by atoms with Crippen molar-refractivity contribution in [2.45, 2.75) is 19.6 Å². The van der Waals surface area contributed by atoms with Crippen LogP contribution in [0.5, 0.6) is 5.75 Å². The Morgan fingerprint density at radius 1 is 1.05 bits per heavy atom. The van der Waals surface area contributed by atoms with Gasteiger partial charge in [-0.15, -0.1) is 0 Å². The zero-order valence-corrected chi connectivity index (χ0v) is 13.5. The number of hydrogen-bond donors (Lipinski definition) is 1. The molecule has 120 valence electrons. The summed E-state index contributed by atoms with van der Waals surface area (Å²) >= 11 is 0. The Balaban J connectivity index is 2.44. The molecule has 5 heteroatoms. The average Bonchev–Trinajstić information content (AvgIpc) is 2.53. The Morgan fingerprint density at radius 3 is 2.43 bits per heavy atom. The fraction of sp³-hybridized carbons (Fsp3) is 0.625. The minimum absolute atomic E-state index is 0.298. The van der Waals surface area contributed by atoms with Crippen molar-refractivity contribution in [1.82, 2.24) is 5.32 Å². The lowest BCUT2D eigenvalue weighted by atomic mass is 10.0. The maximum atomic E-state index is 5.64. The van der Waals surface area contributed by atoms with Crippen LogP contribution in [0.15, 0.2) is 18.2 Å². The molecule has 1 N–H and O–H groups in total. The Hall–Kier alpha value is -1.14. The summed E-state index contributed by atoms with van der Waals surface area (Å²) in [5, 5.41) is 3.23. The molecule has 0 amide bonds. The lowest BCUT2D eigenvalue weighted by Gasteiger charge is -2.15. The van der Waals surface area contributed by atoms with Gasteiger partial charge in [0.2, 0.25) is 0 Å². The van der Waals surface area contributed by atoms with Gasteiger partial charge in [0.1, 0.15) is 5.75 Å². The summed E-state index contributed by atoms with van der Waals surface area (Å²) in [7, 11) is 5.28. The van der Waals surface area contributed by atoms with Gasteiger partial charge >= 0.3 is 0 Å². The first-order valence-corrected chi connectivity index (χ1v) is 7.21. The van der Waals surface area contributed by atoms with Crippen LogP contribution in [-0.2, 0) is 20.8 Å². The normalized spacial score (nSPS) is 12.4. The maximum Gasteiger partial charge on any atom is 0.124 e. The predicted octanol–water partition coefficient (Wildman–Crippen LogP) is 2.16. The van der Waals surface area contributed by atoms with Gasteiger partial charge in [-0.3, -0.25) is 0 Å². The molecule has 0 aliphatic heterocycles. The van der Waals surface area contributed by atoms with Crippen LogP contribution in [0.3, 0.4) is 0 Å². The molecule has 1 aromatic rings. The third kappa shape index (κ3) is 6.44. The summed E-state index contributed by atoms with van der Waals surface area (Å²) in [5.41, 5.74) is 2.27. The summed E-state index contributed by atoms with van der Waals surface area (Å²) in [6.45, 7) is 4.96. The molecule has 0 spiro atoms. The molecular weight excluding hydrogens is 270 g/mol. The molecule has 0 aliphatic rings. The Labute approximate surface area is 127 Å². The number of nitrogens with one attached hydrogen (secondary N) is 1. The van der Waals surface area contributed by atoms with Crippen LogP contribution in [-0.4, -0.2) is 47.7 Å². The van der Waals surface area contributed by atoms with Crippen molar-refractivity contribution in [3.63, 3.8) is 0 Å². The zero-order valence-electron chi connectivity index (χ0n) is 13.5. The van der Waals surface area contributed by atoms with E-state index in [1.807, 2.05) is 13.1 Å². The van der Waals surface area contributed by atoms with E-state index in [1.54, 1.807) is 14.2 Å². The molecule has 5 nitrogen and oxygen atoms in total. The molecule has 0 aliphatic carbocycles. The van der Waals surface area contributed by atoms with Gasteiger partial charge in [0.25, 0.3) is 0 Å². The third-order valence-electron chi connectivity index (χ3n) is 3.30. The monoisotopic (exact) mass is 297 g/mol. The van der Waals surface area contributed by atoms with Crippen molar-refractivity contribution in [2.75, 3.05) is 47.7 Å². The van der Waals surface area contributed by atoms with Gasteiger partial charge in [-0.2, -0.15) is 0 Å². The van der Waals surface area contributed by atoms with E-state index in [9.17, 15) is 0 Å². The highest BCUT2D eigenvalue weighted by molar-refractivity contribution is 5.38.